The zero-order chi connectivity index (χ0) is 9.78. The van der Waals surface area contributed by atoms with Gasteiger partial charge in [0.05, 0.1) is 17.8 Å². The molecule has 4 N–H and O–H groups in total. The van der Waals surface area contributed by atoms with Gasteiger partial charge in [0.15, 0.2) is 0 Å². The first-order chi connectivity index (χ1) is 5.40. The summed E-state index contributed by atoms with van der Waals surface area (Å²) >= 11 is 0. The molecule has 0 heterocycles. The van der Waals surface area contributed by atoms with Crippen molar-refractivity contribution in [2.75, 3.05) is 6.61 Å². The minimum Gasteiger partial charge on any atom is -0.396 e. The van der Waals surface area contributed by atoms with Gasteiger partial charge in [-0.1, -0.05) is 0 Å². The Kier molecular flexibility index (Phi) is 4.70. The van der Waals surface area contributed by atoms with Gasteiger partial charge in [0, 0.05) is 19.4 Å². The smallest absolute Gasteiger partial charge is 0.0900 e. The maximum absolute atomic E-state index is 9.51. The molecule has 4 nitrogen and oxygen atoms in total. The predicted octanol–water partition coefficient (Wildman–Crippen LogP) is -0.748. The van der Waals surface area contributed by atoms with E-state index in [0.29, 0.717) is 0 Å². The van der Waals surface area contributed by atoms with Crippen molar-refractivity contribution >= 4 is 0 Å². The summed E-state index contributed by atoms with van der Waals surface area (Å²) in [6.07, 6.45) is -1.41. The molecule has 0 spiro atoms. The first-order valence-corrected chi connectivity index (χ1v) is 4.09. The molecule has 0 aliphatic carbocycles. The Morgan fingerprint density at radius 3 is 2.17 bits per heavy atom. The Bertz CT molecular complexity index is 122. The Labute approximate surface area is 72.5 Å². The Morgan fingerprint density at radius 1 is 1.33 bits per heavy atom. The molecule has 12 heavy (non-hydrogen) atoms. The molecule has 74 valence electrons. The van der Waals surface area contributed by atoms with Crippen LogP contribution in [-0.4, -0.2) is 44.8 Å². The van der Waals surface area contributed by atoms with Gasteiger partial charge in [0.2, 0.25) is 0 Å². The summed E-state index contributed by atoms with van der Waals surface area (Å²) in [6.45, 7) is 2.80. The lowest BCUT2D eigenvalue weighted by molar-refractivity contribution is -0.0886. The number of hydrogen-bond acceptors (Lipinski definition) is 4. The normalized spacial score (nSPS) is 21.5. The molecular weight excluding hydrogens is 160 g/mol. The molecule has 0 saturated carbocycles. The van der Waals surface area contributed by atoms with Crippen LogP contribution in [0.15, 0.2) is 0 Å². The quantitative estimate of drug-likeness (QED) is 0.446. The topological polar surface area (TPSA) is 80.9 Å². The van der Waals surface area contributed by atoms with Crippen molar-refractivity contribution in [1.82, 2.24) is 0 Å². The second kappa shape index (κ2) is 4.77. The summed E-state index contributed by atoms with van der Waals surface area (Å²) in [6, 6.07) is 0. The van der Waals surface area contributed by atoms with Crippen LogP contribution in [0.4, 0.5) is 0 Å². The van der Waals surface area contributed by atoms with Gasteiger partial charge in [-0.25, -0.2) is 0 Å². The van der Waals surface area contributed by atoms with Crippen LogP contribution in [0.3, 0.4) is 0 Å². The monoisotopic (exact) mass is 178 g/mol. The average molecular weight is 178 g/mol. The molecule has 0 rings (SSSR count). The van der Waals surface area contributed by atoms with E-state index in [-0.39, 0.29) is 19.4 Å². The van der Waals surface area contributed by atoms with Crippen molar-refractivity contribution in [3.05, 3.63) is 0 Å². The maximum atomic E-state index is 9.51. The number of hydrogen-bond donors (Lipinski definition) is 4. The Morgan fingerprint density at radius 2 is 1.83 bits per heavy atom. The van der Waals surface area contributed by atoms with Gasteiger partial charge in [-0.15, -0.1) is 0 Å². The largest absolute Gasteiger partial charge is 0.396 e. The third-order valence-corrected chi connectivity index (χ3v) is 1.90. The van der Waals surface area contributed by atoms with E-state index in [2.05, 4.69) is 0 Å². The van der Waals surface area contributed by atoms with E-state index in [1.54, 1.807) is 0 Å². The van der Waals surface area contributed by atoms with Crippen LogP contribution < -0.4 is 0 Å². The third-order valence-electron chi connectivity index (χ3n) is 1.90. The SMILES string of the molecule is CC(O)CC(O)C(C)(O)CCO. The van der Waals surface area contributed by atoms with E-state index in [9.17, 15) is 10.2 Å². The van der Waals surface area contributed by atoms with Crippen LogP contribution in [0.5, 0.6) is 0 Å². The highest BCUT2D eigenvalue weighted by molar-refractivity contribution is 4.82. The molecule has 0 aromatic carbocycles. The standard InChI is InChI=1S/C8H18O4/c1-6(10)5-7(11)8(2,12)3-4-9/h6-7,9-12H,3-5H2,1-2H3. The molecule has 4 heteroatoms. The van der Waals surface area contributed by atoms with Gasteiger partial charge in [0.1, 0.15) is 0 Å². The minimum absolute atomic E-state index is 0.112. The van der Waals surface area contributed by atoms with Crippen molar-refractivity contribution in [3.63, 3.8) is 0 Å². The zero-order valence-electron chi connectivity index (χ0n) is 7.56. The first kappa shape index (κ1) is 11.8. The van der Waals surface area contributed by atoms with Crippen molar-refractivity contribution < 1.29 is 20.4 Å². The van der Waals surface area contributed by atoms with Crippen molar-refractivity contribution in [1.29, 1.82) is 0 Å². The summed E-state index contributed by atoms with van der Waals surface area (Å²) in [7, 11) is 0. The summed E-state index contributed by atoms with van der Waals surface area (Å²) in [5, 5.41) is 36.3. The lowest BCUT2D eigenvalue weighted by atomic mass is 9.92. The molecular formula is C8H18O4. The second-order valence-electron chi connectivity index (χ2n) is 3.43. The van der Waals surface area contributed by atoms with Crippen LogP contribution in [-0.2, 0) is 0 Å². The number of aliphatic hydroxyl groups excluding tert-OH is 3. The number of aliphatic hydroxyl groups is 4. The van der Waals surface area contributed by atoms with Gasteiger partial charge in [-0.2, -0.15) is 0 Å². The number of rotatable bonds is 5. The fourth-order valence-corrected chi connectivity index (χ4v) is 0.970. The van der Waals surface area contributed by atoms with E-state index in [1.807, 2.05) is 0 Å². The Hall–Kier alpha value is -0.160. The minimum atomic E-state index is -1.31. The Balaban J connectivity index is 3.96. The van der Waals surface area contributed by atoms with Crippen molar-refractivity contribution in [3.8, 4) is 0 Å². The first-order valence-electron chi connectivity index (χ1n) is 4.09. The molecule has 0 fully saturated rings. The maximum Gasteiger partial charge on any atom is 0.0900 e. The highest BCUT2D eigenvalue weighted by Gasteiger charge is 2.30. The molecule has 0 radical (unpaired) electrons. The highest BCUT2D eigenvalue weighted by atomic mass is 16.3. The van der Waals surface area contributed by atoms with Crippen LogP contribution in [0.2, 0.25) is 0 Å². The van der Waals surface area contributed by atoms with Gasteiger partial charge in [0.25, 0.3) is 0 Å². The zero-order valence-corrected chi connectivity index (χ0v) is 7.56. The van der Waals surface area contributed by atoms with E-state index < -0.39 is 17.8 Å². The molecule has 0 amide bonds. The average Bonchev–Trinajstić information content (AvgIpc) is 1.85. The molecule has 0 aromatic rings. The summed E-state index contributed by atoms with van der Waals surface area (Å²) < 4.78 is 0. The molecule has 0 aliphatic heterocycles. The van der Waals surface area contributed by atoms with Crippen LogP contribution in [0.25, 0.3) is 0 Å². The van der Waals surface area contributed by atoms with Crippen molar-refractivity contribution in [2.24, 2.45) is 0 Å². The molecule has 0 saturated heterocycles. The lowest BCUT2D eigenvalue weighted by Crippen LogP contribution is -2.41. The summed E-state index contributed by atoms with van der Waals surface area (Å²) in [4.78, 5) is 0. The molecule has 0 aromatic heterocycles. The highest BCUT2D eigenvalue weighted by Crippen LogP contribution is 2.18. The summed E-state index contributed by atoms with van der Waals surface area (Å²) in [5.74, 6) is 0. The molecule has 3 unspecified atom stereocenters. The van der Waals surface area contributed by atoms with Gasteiger partial charge in [-0.05, 0) is 13.8 Å². The fourth-order valence-electron chi connectivity index (χ4n) is 0.970. The molecule has 3 atom stereocenters. The predicted molar refractivity (Wildman–Crippen MR) is 44.6 cm³/mol. The fraction of sp³-hybridized carbons (Fsp3) is 1.00. The van der Waals surface area contributed by atoms with Crippen LogP contribution in [0.1, 0.15) is 26.7 Å². The summed E-state index contributed by atoms with van der Waals surface area (Å²) in [5.41, 5.74) is -1.31. The van der Waals surface area contributed by atoms with Gasteiger partial charge >= 0.3 is 0 Å². The molecule has 0 aliphatic rings. The lowest BCUT2D eigenvalue weighted by Gasteiger charge is -2.29. The second-order valence-corrected chi connectivity index (χ2v) is 3.43. The van der Waals surface area contributed by atoms with E-state index in [0.717, 1.165) is 0 Å². The van der Waals surface area contributed by atoms with E-state index in [1.165, 1.54) is 13.8 Å². The van der Waals surface area contributed by atoms with Gasteiger partial charge in [-0.3, -0.25) is 0 Å². The van der Waals surface area contributed by atoms with E-state index >= 15 is 0 Å². The van der Waals surface area contributed by atoms with Crippen LogP contribution in [0, 0.1) is 0 Å². The van der Waals surface area contributed by atoms with Gasteiger partial charge < -0.3 is 20.4 Å². The third kappa shape index (κ3) is 4.01. The van der Waals surface area contributed by atoms with Crippen LogP contribution >= 0.6 is 0 Å². The van der Waals surface area contributed by atoms with Crippen molar-refractivity contribution in [2.45, 2.75) is 44.5 Å². The molecule has 0 bridgehead atoms. The van der Waals surface area contributed by atoms with E-state index in [4.69, 9.17) is 10.2 Å².